The molecule has 0 atom stereocenters. The van der Waals surface area contributed by atoms with E-state index in [1.165, 1.54) is 0 Å². The Morgan fingerprint density at radius 1 is 1.26 bits per heavy atom. The van der Waals surface area contributed by atoms with E-state index >= 15 is 0 Å². The Morgan fingerprint density at radius 2 is 1.91 bits per heavy atom. The molecule has 0 aliphatic rings. The van der Waals surface area contributed by atoms with Gasteiger partial charge in [0.15, 0.2) is 6.61 Å². The first-order valence-electron chi connectivity index (χ1n) is 7.07. The van der Waals surface area contributed by atoms with Crippen LogP contribution in [0.1, 0.15) is 17.0 Å². The molecule has 1 aromatic carbocycles. The first-order chi connectivity index (χ1) is 10.9. The molecule has 0 saturated heterocycles. The maximum atomic E-state index is 11.9. The van der Waals surface area contributed by atoms with Crippen LogP contribution in [-0.4, -0.2) is 28.3 Å². The zero-order valence-electron chi connectivity index (χ0n) is 13.2. The molecule has 6 nitrogen and oxygen atoms in total. The monoisotopic (exact) mass is 335 g/mol. The Hall–Kier alpha value is -2.34. The van der Waals surface area contributed by atoms with Gasteiger partial charge in [-0.1, -0.05) is 23.7 Å². The zero-order valence-corrected chi connectivity index (χ0v) is 14.0. The zero-order chi connectivity index (χ0) is 17.0. The van der Waals surface area contributed by atoms with Crippen molar-refractivity contribution in [3.8, 4) is 0 Å². The van der Waals surface area contributed by atoms with Crippen molar-refractivity contribution in [1.82, 2.24) is 9.78 Å². The lowest BCUT2D eigenvalue weighted by Crippen LogP contribution is -2.22. The third-order valence-electron chi connectivity index (χ3n) is 3.40. The molecule has 0 aliphatic carbocycles. The largest absolute Gasteiger partial charge is 0.455 e. The summed E-state index contributed by atoms with van der Waals surface area (Å²) in [5.41, 5.74) is 2.97. The predicted octanol–water partition coefficient (Wildman–Crippen LogP) is 2.41. The molecule has 0 unspecified atom stereocenters. The summed E-state index contributed by atoms with van der Waals surface area (Å²) in [5.74, 6) is -0.865. The van der Waals surface area contributed by atoms with Crippen molar-refractivity contribution in [2.45, 2.75) is 20.3 Å². The second kappa shape index (κ2) is 7.28. The number of nitrogens with one attached hydrogen (secondary N) is 1. The molecular weight excluding hydrogens is 318 g/mol. The minimum atomic E-state index is -0.470. The molecule has 0 fully saturated rings. The van der Waals surface area contributed by atoms with Gasteiger partial charge in [0.1, 0.15) is 0 Å². The summed E-state index contributed by atoms with van der Waals surface area (Å²) in [6.45, 7) is 3.32. The highest BCUT2D eigenvalue weighted by Gasteiger charge is 2.14. The van der Waals surface area contributed by atoms with Crippen LogP contribution in [0.2, 0.25) is 5.02 Å². The van der Waals surface area contributed by atoms with Crippen molar-refractivity contribution in [2.24, 2.45) is 7.05 Å². The second-order valence-electron chi connectivity index (χ2n) is 5.18. The van der Waals surface area contributed by atoms with Gasteiger partial charge in [0.05, 0.1) is 23.5 Å². The summed E-state index contributed by atoms with van der Waals surface area (Å²) in [7, 11) is 1.80. The number of benzene rings is 1. The summed E-state index contributed by atoms with van der Waals surface area (Å²) in [5, 5.41) is 7.51. The molecule has 0 aliphatic heterocycles. The van der Waals surface area contributed by atoms with Crippen LogP contribution in [0, 0.1) is 13.8 Å². The van der Waals surface area contributed by atoms with E-state index in [4.69, 9.17) is 16.3 Å². The van der Waals surface area contributed by atoms with E-state index < -0.39 is 11.9 Å². The van der Waals surface area contributed by atoms with E-state index in [-0.39, 0.29) is 13.0 Å². The SMILES string of the molecule is Cc1nn(C)c(C)c1NC(=O)COC(=O)Cc1ccc(Cl)cc1. The van der Waals surface area contributed by atoms with Crippen molar-refractivity contribution in [2.75, 3.05) is 11.9 Å². The molecule has 23 heavy (non-hydrogen) atoms. The number of amides is 1. The average Bonchev–Trinajstić information content (AvgIpc) is 2.74. The maximum absolute atomic E-state index is 11.9. The molecule has 0 radical (unpaired) electrons. The van der Waals surface area contributed by atoms with Gasteiger partial charge in [-0.25, -0.2) is 0 Å². The number of nitrogens with zero attached hydrogens (tertiary/aromatic N) is 2. The average molecular weight is 336 g/mol. The Balaban J connectivity index is 1.84. The third-order valence-corrected chi connectivity index (χ3v) is 3.65. The summed E-state index contributed by atoms with van der Waals surface area (Å²) >= 11 is 5.78. The standard InChI is InChI=1S/C16H18ClN3O3/c1-10-16(11(2)20(3)19-10)18-14(21)9-23-15(22)8-12-4-6-13(17)7-5-12/h4-7H,8-9H2,1-3H3,(H,18,21). The first-order valence-corrected chi connectivity index (χ1v) is 7.44. The number of carbonyl (C=O) groups is 2. The Labute approximate surface area is 139 Å². The van der Waals surface area contributed by atoms with Crippen LogP contribution in [-0.2, 0) is 27.8 Å². The number of hydrogen-bond donors (Lipinski definition) is 1. The number of halogens is 1. The van der Waals surface area contributed by atoms with Crippen molar-refractivity contribution in [1.29, 1.82) is 0 Å². The van der Waals surface area contributed by atoms with Gasteiger partial charge in [0, 0.05) is 12.1 Å². The van der Waals surface area contributed by atoms with Crippen molar-refractivity contribution >= 4 is 29.2 Å². The number of aryl methyl sites for hydroxylation is 2. The number of rotatable bonds is 5. The molecule has 7 heteroatoms. The van der Waals surface area contributed by atoms with Gasteiger partial charge in [-0.2, -0.15) is 5.10 Å². The lowest BCUT2D eigenvalue weighted by Gasteiger charge is -2.07. The Morgan fingerprint density at radius 3 is 2.48 bits per heavy atom. The summed E-state index contributed by atoms with van der Waals surface area (Å²) in [4.78, 5) is 23.6. The van der Waals surface area contributed by atoms with Crippen LogP contribution in [0.5, 0.6) is 0 Å². The van der Waals surface area contributed by atoms with Gasteiger partial charge in [-0.05, 0) is 31.5 Å². The van der Waals surface area contributed by atoms with E-state index in [0.717, 1.165) is 11.3 Å². The van der Waals surface area contributed by atoms with Crippen LogP contribution in [0.4, 0.5) is 5.69 Å². The van der Waals surface area contributed by atoms with Gasteiger partial charge >= 0.3 is 5.97 Å². The molecule has 0 bridgehead atoms. The van der Waals surface area contributed by atoms with Gasteiger partial charge in [-0.3, -0.25) is 14.3 Å². The topological polar surface area (TPSA) is 73.2 Å². The van der Waals surface area contributed by atoms with E-state index in [2.05, 4.69) is 10.4 Å². The summed E-state index contributed by atoms with van der Waals surface area (Å²) < 4.78 is 6.66. The molecule has 1 heterocycles. The summed E-state index contributed by atoms with van der Waals surface area (Å²) in [6, 6.07) is 6.88. The molecule has 1 N–H and O–H groups in total. The first kappa shape index (κ1) is 17.0. The molecule has 0 spiro atoms. The fourth-order valence-corrected chi connectivity index (χ4v) is 2.22. The molecular formula is C16H18ClN3O3. The lowest BCUT2D eigenvalue weighted by atomic mass is 10.1. The number of aromatic nitrogens is 2. The van der Waals surface area contributed by atoms with E-state index in [0.29, 0.717) is 16.4 Å². The van der Waals surface area contributed by atoms with Gasteiger partial charge in [-0.15, -0.1) is 0 Å². The number of anilines is 1. The van der Waals surface area contributed by atoms with E-state index in [1.54, 1.807) is 42.9 Å². The molecule has 1 aromatic heterocycles. The van der Waals surface area contributed by atoms with E-state index in [9.17, 15) is 9.59 Å². The molecule has 0 saturated carbocycles. The lowest BCUT2D eigenvalue weighted by molar-refractivity contribution is -0.146. The van der Waals surface area contributed by atoms with Crippen LogP contribution in [0.25, 0.3) is 0 Å². The molecule has 1 amide bonds. The van der Waals surface area contributed by atoms with Crippen molar-refractivity contribution in [3.63, 3.8) is 0 Å². The number of carbonyl (C=O) groups excluding carboxylic acids is 2. The Kier molecular flexibility index (Phi) is 5.39. The van der Waals surface area contributed by atoms with Crippen LogP contribution in [0.3, 0.4) is 0 Å². The van der Waals surface area contributed by atoms with Crippen LogP contribution in [0.15, 0.2) is 24.3 Å². The number of ether oxygens (including phenoxy) is 1. The minimum Gasteiger partial charge on any atom is -0.455 e. The Bertz CT molecular complexity index is 723. The van der Waals surface area contributed by atoms with Crippen LogP contribution >= 0.6 is 11.6 Å². The minimum absolute atomic E-state index is 0.0927. The van der Waals surface area contributed by atoms with Crippen LogP contribution < -0.4 is 5.32 Å². The third kappa shape index (κ3) is 4.56. The fourth-order valence-electron chi connectivity index (χ4n) is 2.10. The summed E-state index contributed by atoms with van der Waals surface area (Å²) in [6.07, 6.45) is 0.0927. The number of hydrogen-bond acceptors (Lipinski definition) is 4. The molecule has 122 valence electrons. The second-order valence-corrected chi connectivity index (χ2v) is 5.62. The molecule has 2 rings (SSSR count). The maximum Gasteiger partial charge on any atom is 0.310 e. The quantitative estimate of drug-likeness (QED) is 0.852. The normalized spacial score (nSPS) is 10.4. The van der Waals surface area contributed by atoms with E-state index in [1.807, 2.05) is 6.92 Å². The van der Waals surface area contributed by atoms with Crippen molar-refractivity contribution < 1.29 is 14.3 Å². The van der Waals surface area contributed by atoms with Gasteiger partial charge < -0.3 is 10.1 Å². The number of esters is 1. The van der Waals surface area contributed by atoms with Gasteiger partial charge in [0.25, 0.3) is 5.91 Å². The van der Waals surface area contributed by atoms with Gasteiger partial charge in [0.2, 0.25) is 0 Å². The highest BCUT2D eigenvalue weighted by atomic mass is 35.5. The smallest absolute Gasteiger partial charge is 0.310 e. The highest BCUT2D eigenvalue weighted by molar-refractivity contribution is 6.30. The van der Waals surface area contributed by atoms with Crippen molar-refractivity contribution in [3.05, 3.63) is 46.2 Å². The predicted molar refractivity (Wildman–Crippen MR) is 87.4 cm³/mol. The highest BCUT2D eigenvalue weighted by Crippen LogP contribution is 2.18. The fraction of sp³-hybridized carbons (Fsp3) is 0.312. The molecule has 2 aromatic rings.